The lowest BCUT2D eigenvalue weighted by molar-refractivity contribution is -0.125. The minimum atomic E-state index is -0.947. The second-order valence-electron chi connectivity index (χ2n) is 2.64. The van der Waals surface area contributed by atoms with Crippen LogP contribution in [0.3, 0.4) is 0 Å². The molecule has 4 nitrogen and oxygen atoms in total. The van der Waals surface area contributed by atoms with Gasteiger partial charge in [-0.1, -0.05) is 0 Å². The topological polar surface area (TPSA) is 83.6 Å². The lowest BCUT2D eigenvalue weighted by atomic mass is 10.1. The lowest BCUT2D eigenvalue weighted by Crippen LogP contribution is -2.34. The van der Waals surface area contributed by atoms with Gasteiger partial charge in [0.25, 0.3) is 0 Å². The molecule has 1 unspecified atom stereocenters. The van der Waals surface area contributed by atoms with Crippen molar-refractivity contribution in [1.29, 1.82) is 0 Å². The van der Waals surface area contributed by atoms with Crippen LogP contribution < -0.4 is 5.73 Å². The van der Waals surface area contributed by atoms with Crippen LogP contribution in [0, 0.1) is 5.92 Å². The zero-order valence-electron chi connectivity index (χ0n) is 5.53. The summed E-state index contributed by atoms with van der Waals surface area (Å²) in [5, 5.41) is 18.0. The van der Waals surface area contributed by atoms with Gasteiger partial charge in [0.1, 0.15) is 0 Å². The fourth-order valence-electron chi connectivity index (χ4n) is 1.27. The summed E-state index contributed by atoms with van der Waals surface area (Å²) >= 11 is 0. The second kappa shape index (κ2) is 2.56. The number of hydrogen-bond donors (Lipinski definition) is 3. The molecule has 0 aromatic carbocycles. The molecular weight excluding hydrogens is 134 g/mol. The molecule has 0 saturated heterocycles. The van der Waals surface area contributed by atoms with E-state index in [0.29, 0.717) is 12.8 Å². The number of carbonyl (C=O) groups is 1. The number of primary amides is 1. The van der Waals surface area contributed by atoms with E-state index in [4.69, 9.17) is 15.9 Å². The zero-order valence-corrected chi connectivity index (χ0v) is 5.53. The van der Waals surface area contributed by atoms with E-state index < -0.39 is 24.0 Å². The van der Waals surface area contributed by atoms with Gasteiger partial charge in [-0.3, -0.25) is 4.79 Å². The van der Waals surface area contributed by atoms with E-state index in [2.05, 4.69) is 0 Å². The number of rotatable bonds is 1. The molecule has 0 radical (unpaired) electrons. The normalized spacial score (nSPS) is 40.0. The number of hydrogen-bond acceptors (Lipinski definition) is 3. The predicted molar refractivity (Wildman–Crippen MR) is 33.9 cm³/mol. The van der Waals surface area contributed by atoms with Crippen molar-refractivity contribution in [2.75, 3.05) is 0 Å². The summed E-state index contributed by atoms with van der Waals surface area (Å²) in [7, 11) is 0. The molecule has 1 aliphatic carbocycles. The molecule has 0 aliphatic heterocycles. The lowest BCUT2D eigenvalue weighted by Gasteiger charge is -2.11. The van der Waals surface area contributed by atoms with Gasteiger partial charge in [-0.15, -0.1) is 0 Å². The van der Waals surface area contributed by atoms with Gasteiger partial charge in [-0.2, -0.15) is 0 Å². The largest absolute Gasteiger partial charge is 0.390 e. The molecule has 1 amide bonds. The van der Waals surface area contributed by atoms with Crippen LogP contribution in [0.4, 0.5) is 0 Å². The Bertz CT molecular complexity index is 148. The summed E-state index contributed by atoms with van der Waals surface area (Å²) in [5.74, 6) is -1.07. The maximum atomic E-state index is 10.5. The van der Waals surface area contributed by atoms with Crippen molar-refractivity contribution in [2.45, 2.75) is 25.0 Å². The van der Waals surface area contributed by atoms with E-state index in [1.165, 1.54) is 0 Å². The first-order chi connectivity index (χ1) is 4.63. The van der Waals surface area contributed by atoms with Gasteiger partial charge < -0.3 is 15.9 Å². The third-order valence-corrected chi connectivity index (χ3v) is 1.95. The van der Waals surface area contributed by atoms with Crippen molar-refractivity contribution in [3.05, 3.63) is 0 Å². The van der Waals surface area contributed by atoms with Crippen LogP contribution in [0.15, 0.2) is 0 Å². The molecule has 0 heterocycles. The Morgan fingerprint density at radius 3 is 2.20 bits per heavy atom. The van der Waals surface area contributed by atoms with E-state index >= 15 is 0 Å². The Kier molecular flexibility index (Phi) is 1.92. The predicted octanol–water partition coefficient (Wildman–Crippen LogP) is -1.40. The van der Waals surface area contributed by atoms with Crippen LogP contribution in [-0.4, -0.2) is 28.3 Å². The molecule has 1 rings (SSSR count). The highest BCUT2D eigenvalue weighted by molar-refractivity contribution is 5.77. The van der Waals surface area contributed by atoms with Crippen LogP contribution in [0.25, 0.3) is 0 Å². The Morgan fingerprint density at radius 2 is 2.00 bits per heavy atom. The standard InChI is InChI=1S/C6H11NO3/c7-6(10)3-1-2-4(8)5(3)9/h3-5,8-9H,1-2H2,(H2,7,10)/t3-,4?,5-/m1/s1. The summed E-state index contributed by atoms with van der Waals surface area (Å²) in [5.41, 5.74) is 4.94. The summed E-state index contributed by atoms with van der Waals surface area (Å²) < 4.78 is 0. The maximum absolute atomic E-state index is 10.5. The molecule has 0 aromatic rings. The van der Waals surface area contributed by atoms with Gasteiger partial charge in [-0.05, 0) is 12.8 Å². The monoisotopic (exact) mass is 145 g/mol. The molecule has 0 aromatic heterocycles. The van der Waals surface area contributed by atoms with Gasteiger partial charge in [-0.25, -0.2) is 0 Å². The first-order valence-corrected chi connectivity index (χ1v) is 3.28. The first kappa shape index (κ1) is 7.50. The maximum Gasteiger partial charge on any atom is 0.223 e. The molecule has 10 heavy (non-hydrogen) atoms. The summed E-state index contributed by atoms with van der Waals surface area (Å²) in [4.78, 5) is 10.5. The van der Waals surface area contributed by atoms with Crippen molar-refractivity contribution in [3.8, 4) is 0 Å². The fourth-order valence-corrected chi connectivity index (χ4v) is 1.27. The number of aliphatic hydroxyl groups is 2. The molecule has 1 fully saturated rings. The number of carbonyl (C=O) groups excluding carboxylic acids is 1. The van der Waals surface area contributed by atoms with Gasteiger partial charge in [0.05, 0.1) is 18.1 Å². The van der Waals surface area contributed by atoms with Crippen LogP contribution in [0.2, 0.25) is 0 Å². The van der Waals surface area contributed by atoms with Crippen molar-refractivity contribution in [3.63, 3.8) is 0 Å². The van der Waals surface area contributed by atoms with Crippen molar-refractivity contribution < 1.29 is 15.0 Å². The van der Waals surface area contributed by atoms with Gasteiger partial charge in [0.15, 0.2) is 0 Å². The van der Waals surface area contributed by atoms with E-state index in [0.717, 1.165) is 0 Å². The second-order valence-corrected chi connectivity index (χ2v) is 2.64. The molecule has 0 spiro atoms. The SMILES string of the molecule is NC(=O)[C@@H]1CCC(O)[C@@H]1O. The Labute approximate surface area is 58.6 Å². The molecule has 3 atom stereocenters. The van der Waals surface area contributed by atoms with E-state index in [1.54, 1.807) is 0 Å². The van der Waals surface area contributed by atoms with Crippen LogP contribution in [-0.2, 0) is 4.79 Å². The zero-order chi connectivity index (χ0) is 7.72. The molecule has 0 bridgehead atoms. The fraction of sp³-hybridized carbons (Fsp3) is 0.833. The third-order valence-electron chi connectivity index (χ3n) is 1.95. The molecule has 4 N–H and O–H groups in total. The van der Waals surface area contributed by atoms with E-state index in [9.17, 15) is 4.79 Å². The number of nitrogens with two attached hydrogens (primary N) is 1. The summed E-state index contributed by atoms with van der Waals surface area (Å²) in [6.45, 7) is 0. The molecule has 1 aliphatic rings. The van der Waals surface area contributed by atoms with Gasteiger partial charge in [0, 0.05) is 0 Å². The highest BCUT2D eigenvalue weighted by Crippen LogP contribution is 2.25. The van der Waals surface area contributed by atoms with E-state index in [-0.39, 0.29) is 0 Å². The Balaban J connectivity index is 2.57. The van der Waals surface area contributed by atoms with Crippen molar-refractivity contribution in [1.82, 2.24) is 0 Å². The summed E-state index contributed by atoms with van der Waals surface area (Å²) in [6.07, 6.45) is -0.748. The number of aliphatic hydroxyl groups excluding tert-OH is 2. The van der Waals surface area contributed by atoms with Crippen LogP contribution >= 0.6 is 0 Å². The quantitative estimate of drug-likeness (QED) is 0.424. The van der Waals surface area contributed by atoms with Crippen LogP contribution in [0.5, 0.6) is 0 Å². The smallest absolute Gasteiger partial charge is 0.223 e. The highest BCUT2D eigenvalue weighted by atomic mass is 16.3. The van der Waals surface area contributed by atoms with E-state index in [1.807, 2.05) is 0 Å². The molecule has 1 saturated carbocycles. The summed E-state index contributed by atoms with van der Waals surface area (Å²) in [6, 6.07) is 0. The Hall–Kier alpha value is -0.610. The minimum Gasteiger partial charge on any atom is -0.390 e. The minimum absolute atomic E-state index is 0.467. The average Bonchev–Trinajstić information content (AvgIpc) is 2.14. The first-order valence-electron chi connectivity index (χ1n) is 3.28. The molecule has 58 valence electrons. The molecule has 4 heteroatoms. The van der Waals surface area contributed by atoms with Crippen molar-refractivity contribution in [2.24, 2.45) is 11.7 Å². The average molecular weight is 145 g/mol. The number of amides is 1. The van der Waals surface area contributed by atoms with Gasteiger partial charge in [0.2, 0.25) is 5.91 Å². The third kappa shape index (κ3) is 1.12. The Morgan fingerprint density at radius 1 is 1.40 bits per heavy atom. The highest BCUT2D eigenvalue weighted by Gasteiger charge is 2.36. The molecular formula is C6H11NO3. The van der Waals surface area contributed by atoms with Gasteiger partial charge >= 0.3 is 0 Å². The van der Waals surface area contributed by atoms with Crippen molar-refractivity contribution >= 4 is 5.91 Å². The van der Waals surface area contributed by atoms with Crippen LogP contribution in [0.1, 0.15) is 12.8 Å².